The van der Waals surface area contributed by atoms with Gasteiger partial charge in [0.2, 0.25) is 0 Å². The van der Waals surface area contributed by atoms with Crippen LogP contribution < -0.4 is 11.2 Å². The molecule has 0 bridgehead atoms. The zero-order valence-corrected chi connectivity index (χ0v) is 9.47. The van der Waals surface area contributed by atoms with E-state index in [9.17, 15) is 0 Å². The van der Waals surface area contributed by atoms with Gasteiger partial charge in [-0.05, 0) is 19.3 Å². The Morgan fingerprint density at radius 3 is 2.57 bits per heavy atom. The number of rotatable bonds is 6. The number of hydrazine groups is 1. The van der Waals surface area contributed by atoms with Gasteiger partial charge in [0.1, 0.15) is 0 Å². The fourth-order valence-corrected chi connectivity index (χ4v) is 1.97. The highest BCUT2D eigenvalue weighted by atomic mass is 15.5. The molecule has 0 saturated carbocycles. The first kappa shape index (κ1) is 12.0. The molecule has 0 aliphatic carbocycles. The van der Waals surface area contributed by atoms with Gasteiger partial charge in [-0.1, -0.05) is 26.2 Å². The summed E-state index contributed by atoms with van der Waals surface area (Å²) in [7, 11) is 0. The van der Waals surface area contributed by atoms with Gasteiger partial charge >= 0.3 is 0 Å². The zero-order valence-electron chi connectivity index (χ0n) is 9.47. The molecule has 1 aliphatic rings. The largest absolute Gasteiger partial charge is 0.329 e. The highest BCUT2D eigenvalue weighted by Crippen LogP contribution is 2.08. The van der Waals surface area contributed by atoms with E-state index in [-0.39, 0.29) is 0 Å². The Morgan fingerprint density at radius 1 is 1.29 bits per heavy atom. The van der Waals surface area contributed by atoms with Crippen LogP contribution in [0.15, 0.2) is 0 Å². The van der Waals surface area contributed by atoms with Gasteiger partial charge in [-0.2, -0.15) is 0 Å². The molecule has 0 amide bonds. The maximum atomic E-state index is 5.74. The van der Waals surface area contributed by atoms with Gasteiger partial charge in [-0.25, -0.2) is 5.01 Å². The predicted molar refractivity (Wildman–Crippen MR) is 60.9 cm³/mol. The van der Waals surface area contributed by atoms with Crippen molar-refractivity contribution in [2.24, 2.45) is 5.73 Å². The summed E-state index contributed by atoms with van der Waals surface area (Å²) in [6, 6.07) is 0.494. The molecule has 0 aromatic heterocycles. The van der Waals surface area contributed by atoms with Crippen molar-refractivity contribution in [2.75, 3.05) is 19.6 Å². The van der Waals surface area contributed by atoms with Crippen LogP contribution >= 0.6 is 0 Å². The number of unbranched alkanes of at least 4 members (excludes halogenated alkanes) is 1. The van der Waals surface area contributed by atoms with Crippen molar-refractivity contribution in [2.45, 2.75) is 51.5 Å². The lowest BCUT2D eigenvalue weighted by Crippen LogP contribution is -2.49. The molecule has 1 rings (SSSR count). The molecular weight excluding hydrogens is 174 g/mol. The highest BCUT2D eigenvalue weighted by molar-refractivity contribution is 4.69. The van der Waals surface area contributed by atoms with Crippen LogP contribution in [0.3, 0.4) is 0 Å². The molecule has 3 heteroatoms. The van der Waals surface area contributed by atoms with Crippen LogP contribution in [0, 0.1) is 0 Å². The Balaban J connectivity index is 2.16. The van der Waals surface area contributed by atoms with E-state index < -0.39 is 0 Å². The zero-order chi connectivity index (χ0) is 10.2. The molecule has 1 unspecified atom stereocenters. The third-order valence-corrected chi connectivity index (χ3v) is 2.91. The lowest BCUT2D eigenvalue weighted by atomic mass is 10.1. The van der Waals surface area contributed by atoms with Crippen LogP contribution in [0.1, 0.15) is 45.4 Å². The van der Waals surface area contributed by atoms with Crippen molar-refractivity contribution in [1.29, 1.82) is 0 Å². The molecule has 3 nitrogen and oxygen atoms in total. The monoisotopic (exact) mass is 199 g/mol. The van der Waals surface area contributed by atoms with Crippen LogP contribution in [0.5, 0.6) is 0 Å². The molecule has 1 atom stereocenters. The summed E-state index contributed by atoms with van der Waals surface area (Å²) in [5.41, 5.74) is 9.29. The van der Waals surface area contributed by atoms with Crippen molar-refractivity contribution < 1.29 is 0 Å². The van der Waals surface area contributed by atoms with Crippen LogP contribution in [-0.2, 0) is 0 Å². The minimum absolute atomic E-state index is 0.494. The standard InChI is InChI=1S/C11H25N3/c1-2-3-7-11(10-12)13-14-8-5-4-6-9-14/h11,13H,2-10,12H2,1H3. The first-order valence-corrected chi connectivity index (χ1v) is 6.08. The lowest BCUT2D eigenvalue weighted by Gasteiger charge is -2.31. The summed E-state index contributed by atoms with van der Waals surface area (Å²) in [6.45, 7) is 5.39. The molecule has 0 aromatic carbocycles. The molecule has 1 aliphatic heterocycles. The number of piperidine rings is 1. The molecule has 84 valence electrons. The predicted octanol–water partition coefficient (Wildman–Crippen LogP) is 1.49. The van der Waals surface area contributed by atoms with Crippen molar-refractivity contribution in [3.8, 4) is 0 Å². The highest BCUT2D eigenvalue weighted by Gasteiger charge is 2.13. The summed E-state index contributed by atoms with van der Waals surface area (Å²) < 4.78 is 0. The molecule has 14 heavy (non-hydrogen) atoms. The molecule has 0 spiro atoms. The quantitative estimate of drug-likeness (QED) is 0.681. The van der Waals surface area contributed by atoms with E-state index in [4.69, 9.17) is 5.73 Å². The van der Waals surface area contributed by atoms with Crippen molar-refractivity contribution >= 4 is 0 Å². The van der Waals surface area contributed by atoms with Crippen LogP contribution in [0.4, 0.5) is 0 Å². The minimum atomic E-state index is 0.494. The van der Waals surface area contributed by atoms with E-state index in [1.807, 2.05) is 0 Å². The van der Waals surface area contributed by atoms with Crippen LogP contribution in [0.25, 0.3) is 0 Å². The Morgan fingerprint density at radius 2 is 2.00 bits per heavy atom. The number of nitrogens with two attached hydrogens (primary N) is 1. The van der Waals surface area contributed by atoms with Gasteiger partial charge in [0.25, 0.3) is 0 Å². The van der Waals surface area contributed by atoms with E-state index in [0.717, 1.165) is 6.54 Å². The molecule has 1 heterocycles. The fraction of sp³-hybridized carbons (Fsp3) is 1.00. The first-order chi connectivity index (χ1) is 6.86. The van der Waals surface area contributed by atoms with Crippen LogP contribution in [-0.4, -0.2) is 30.7 Å². The molecule has 3 N–H and O–H groups in total. The second-order valence-electron chi connectivity index (χ2n) is 4.25. The lowest BCUT2D eigenvalue weighted by molar-refractivity contribution is 0.126. The van der Waals surface area contributed by atoms with Crippen molar-refractivity contribution in [1.82, 2.24) is 10.4 Å². The Hall–Kier alpha value is -0.120. The maximum Gasteiger partial charge on any atom is 0.0337 e. The second-order valence-corrected chi connectivity index (χ2v) is 4.25. The summed E-state index contributed by atoms with van der Waals surface area (Å²) in [5, 5.41) is 2.36. The topological polar surface area (TPSA) is 41.3 Å². The van der Waals surface area contributed by atoms with E-state index in [1.54, 1.807) is 0 Å². The van der Waals surface area contributed by atoms with E-state index >= 15 is 0 Å². The third-order valence-electron chi connectivity index (χ3n) is 2.91. The van der Waals surface area contributed by atoms with Gasteiger partial charge in [0.15, 0.2) is 0 Å². The van der Waals surface area contributed by atoms with Crippen molar-refractivity contribution in [3.63, 3.8) is 0 Å². The third kappa shape index (κ3) is 4.40. The number of hydrogen-bond donors (Lipinski definition) is 2. The Bertz CT molecular complexity index is 132. The average Bonchev–Trinajstić information content (AvgIpc) is 2.25. The van der Waals surface area contributed by atoms with Crippen LogP contribution in [0.2, 0.25) is 0 Å². The Labute approximate surface area is 88.0 Å². The van der Waals surface area contributed by atoms with E-state index in [2.05, 4.69) is 17.4 Å². The number of nitrogens with one attached hydrogen (secondary N) is 1. The maximum absolute atomic E-state index is 5.74. The summed E-state index contributed by atoms with van der Waals surface area (Å²) in [5.74, 6) is 0. The SMILES string of the molecule is CCCCC(CN)NN1CCCCC1. The number of hydrogen-bond acceptors (Lipinski definition) is 3. The van der Waals surface area contributed by atoms with Gasteiger partial charge in [0.05, 0.1) is 0 Å². The van der Waals surface area contributed by atoms with E-state index in [1.165, 1.54) is 51.6 Å². The van der Waals surface area contributed by atoms with Gasteiger partial charge in [-0.15, -0.1) is 0 Å². The van der Waals surface area contributed by atoms with Gasteiger partial charge in [-0.3, -0.25) is 5.43 Å². The molecular formula is C11H25N3. The van der Waals surface area contributed by atoms with Crippen molar-refractivity contribution in [3.05, 3.63) is 0 Å². The second kappa shape index (κ2) is 7.21. The summed E-state index contributed by atoms with van der Waals surface area (Å²) in [4.78, 5) is 0. The summed E-state index contributed by atoms with van der Waals surface area (Å²) in [6.07, 6.45) is 7.81. The molecule has 1 fully saturated rings. The molecule has 0 aromatic rings. The minimum Gasteiger partial charge on any atom is -0.329 e. The average molecular weight is 199 g/mol. The summed E-state index contributed by atoms with van der Waals surface area (Å²) >= 11 is 0. The molecule has 1 saturated heterocycles. The van der Waals surface area contributed by atoms with Gasteiger partial charge in [0, 0.05) is 25.7 Å². The number of nitrogens with zero attached hydrogens (tertiary/aromatic N) is 1. The fourth-order valence-electron chi connectivity index (χ4n) is 1.97. The normalized spacial score (nSPS) is 21.0. The smallest absolute Gasteiger partial charge is 0.0337 e. The van der Waals surface area contributed by atoms with Gasteiger partial charge < -0.3 is 5.73 Å². The van der Waals surface area contributed by atoms with E-state index in [0.29, 0.717) is 6.04 Å². The molecule has 0 radical (unpaired) electrons. The first-order valence-electron chi connectivity index (χ1n) is 6.08. The Kier molecular flexibility index (Phi) is 6.15.